The van der Waals surface area contributed by atoms with Crippen LogP contribution in [0.25, 0.3) is 0 Å². The third-order valence-corrected chi connectivity index (χ3v) is 8.38. The second kappa shape index (κ2) is 10.3. The average molecular weight is 534 g/mol. The van der Waals surface area contributed by atoms with Crippen LogP contribution in [0.1, 0.15) is 36.5 Å². The minimum absolute atomic E-state index is 0.0287. The molecule has 11 heteroatoms. The second-order valence-electron chi connectivity index (χ2n) is 8.79. The number of ether oxygens (including phenoxy) is 2. The maximum atomic E-state index is 13.3. The highest BCUT2D eigenvalue weighted by Crippen LogP contribution is 2.45. The number of rotatable bonds is 6. The Hall–Kier alpha value is -2.46. The van der Waals surface area contributed by atoms with Gasteiger partial charge in [-0.25, -0.2) is 8.42 Å². The number of nitrogens with zero attached hydrogens (tertiary/aromatic N) is 1. The van der Waals surface area contributed by atoms with Gasteiger partial charge in [-0.1, -0.05) is 37.6 Å². The van der Waals surface area contributed by atoms with Gasteiger partial charge >= 0.3 is 12.1 Å². The molecule has 1 aliphatic heterocycles. The van der Waals surface area contributed by atoms with E-state index >= 15 is 0 Å². The molecule has 1 atom stereocenters. The summed E-state index contributed by atoms with van der Waals surface area (Å²) in [5.74, 6) is -2.20. The van der Waals surface area contributed by atoms with Crippen molar-refractivity contribution in [2.45, 2.75) is 37.3 Å². The van der Waals surface area contributed by atoms with Gasteiger partial charge in [0.15, 0.2) is 21.3 Å². The lowest BCUT2D eigenvalue weighted by Crippen LogP contribution is -2.43. The number of sulfone groups is 1. The topological polar surface area (TPSA) is 72.9 Å². The molecule has 192 valence electrons. The molecule has 1 heterocycles. The first-order chi connectivity index (χ1) is 16.3. The highest BCUT2D eigenvalue weighted by molar-refractivity contribution is 7.91. The van der Waals surface area contributed by atoms with E-state index < -0.39 is 27.8 Å². The van der Waals surface area contributed by atoms with Crippen LogP contribution < -0.4 is 9.47 Å². The number of alkyl halides is 3. The lowest BCUT2D eigenvalue weighted by atomic mass is 9.87. The molecule has 2 aromatic carbocycles. The van der Waals surface area contributed by atoms with E-state index in [1.165, 1.54) is 26.4 Å². The Bertz CT molecular complexity index is 1200. The minimum Gasteiger partial charge on any atom is -0.493 e. The molecular weight excluding hydrogens is 507 g/mol. The molecule has 6 nitrogen and oxygen atoms in total. The molecule has 0 spiro atoms. The van der Waals surface area contributed by atoms with Crippen LogP contribution in [-0.2, 0) is 21.1 Å². The number of hydrogen-bond donors (Lipinski definition) is 0. The number of hydrogen-bond acceptors (Lipinski definition) is 5. The summed E-state index contributed by atoms with van der Waals surface area (Å²) in [5.41, 5.74) is 1.67. The van der Waals surface area contributed by atoms with Crippen molar-refractivity contribution in [2.75, 3.05) is 33.1 Å². The zero-order valence-electron chi connectivity index (χ0n) is 19.8. The highest BCUT2D eigenvalue weighted by atomic mass is 35.5. The van der Waals surface area contributed by atoms with Crippen molar-refractivity contribution in [2.24, 2.45) is 5.92 Å². The number of halogens is 4. The van der Waals surface area contributed by atoms with E-state index in [0.717, 1.165) is 4.90 Å². The third-order valence-electron chi connectivity index (χ3n) is 5.88. The van der Waals surface area contributed by atoms with Crippen LogP contribution in [0.2, 0.25) is 5.02 Å². The van der Waals surface area contributed by atoms with Gasteiger partial charge in [0, 0.05) is 19.0 Å². The Labute approximate surface area is 207 Å². The fourth-order valence-corrected chi connectivity index (χ4v) is 6.32. The van der Waals surface area contributed by atoms with Crippen molar-refractivity contribution in [3.8, 4) is 11.5 Å². The van der Waals surface area contributed by atoms with Crippen LogP contribution in [0.4, 0.5) is 13.2 Å². The molecule has 2 aromatic rings. The van der Waals surface area contributed by atoms with E-state index in [2.05, 4.69) is 0 Å². The van der Waals surface area contributed by atoms with Crippen LogP contribution in [0.5, 0.6) is 11.5 Å². The first-order valence-corrected chi connectivity index (χ1v) is 12.9. The van der Waals surface area contributed by atoms with E-state index in [9.17, 15) is 26.4 Å². The van der Waals surface area contributed by atoms with Crippen LogP contribution >= 0.6 is 11.6 Å². The first kappa shape index (κ1) is 27.1. The zero-order chi connectivity index (χ0) is 26.1. The molecule has 1 amide bonds. The molecule has 0 saturated carbocycles. The summed E-state index contributed by atoms with van der Waals surface area (Å²) in [5, 5.41) is 0.198. The Morgan fingerprint density at radius 3 is 2.31 bits per heavy atom. The quantitative estimate of drug-likeness (QED) is 0.530. The smallest absolute Gasteiger partial charge is 0.471 e. The van der Waals surface area contributed by atoms with Gasteiger partial charge in [0.1, 0.15) is 0 Å². The van der Waals surface area contributed by atoms with Crippen molar-refractivity contribution in [1.82, 2.24) is 4.90 Å². The Morgan fingerprint density at radius 2 is 1.80 bits per heavy atom. The maximum absolute atomic E-state index is 13.3. The van der Waals surface area contributed by atoms with Crippen molar-refractivity contribution >= 4 is 27.3 Å². The number of methoxy groups -OCH3 is 2. The van der Waals surface area contributed by atoms with Crippen molar-refractivity contribution in [1.29, 1.82) is 0 Å². The summed E-state index contributed by atoms with van der Waals surface area (Å²) in [6, 6.07) is 7.66. The van der Waals surface area contributed by atoms with Gasteiger partial charge in [0.05, 0.1) is 29.9 Å². The van der Waals surface area contributed by atoms with Crippen LogP contribution in [0.3, 0.4) is 0 Å². The SMILES string of the molecule is COc1cc2c(c(Cl)c1OC)CCN(C(=O)C(F)(F)F)CC2c1ccc(S(=O)(=O)CC(C)C)cc1. The summed E-state index contributed by atoms with van der Waals surface area (Å²) in [6.45, 7) is 3.13. The third kappa shape index (κ3) is 5.69. The average Bonchev–Trinajstić information content (AvgIpc) is 2.97. The zero-order valence-corrected chi connectivity index (χ0v) is 21.4. The van der Waals surface area contributed by atoms with Gasteiger partial charge < -0.3 is 14.4 Å². The monoisotopic (exact) mass is 533 g/mol. The van der Waals surface area contributed by atoms with E-state index in [4.69, 9.17) is 21.1 Å². The molecule has 35 heavy (non-hydrogen) atoms. The Balaban J connectivity index is 2.14. The molecule has 0 bridgehead atoms. The summed E-state index contributed by atoms with van der Waals surface area (Å²) in [4.78, 5) is 13.0. The standard InChI is InChI=1S/C24H27ClF3NO5S/c1-14(2)13-35(31,32)16-7-5-15(6-8-16)19-12-29(23(30)24(26,27)28)10-9-17-18(19)11-20(33-3)22(34-4)21(17)25/h5-8,11,14,19H,9-10,12-13H2,1-4H3. The molecule has 0 fully saturated rings. The van der Waals surface area contributed by atoms with E-state index in [1.807, 2.05) is 0 Å². The van der Waals surface area contributed by atoms with E-state index in [0.29, 0.717) is 22.4 Å². The Morgan fingerprint density at radius 1 is 1.17 bits per heavy atom. The normalized spacial score (nSPS) is 16.6. The summed E-state index contributed by atoms with van der Waals surface area (Å²) in [6.07, 6.45) is -4.96. The molecule has 0 aliphatic carbocycles. The lowest BCUT2D eigenvalue weighted by molar-refractivity contribution is -0.185. The van der Waals surface area contributed by atoms with Crippen molar-refractivity contribution in [3.05, 3.63) is 52.0 Å². The molecule has 0 saturated heterocycles. The number of carbonyl (C=O) groups is 1. The molecule has 0 N–H and O–H groups in total. The van der Waals surface area contributed by atoms with E-state index in [-0.39, 0.29) is 46.8 Å². The number of carbonyl (C=O) groups excluding carboxylic acids is 1. The molecular formula is C24H27ClF3NO5S. The van der Waals surface area contributed by atoms with Gasteiger partial charge in [-0.15, -0.1) is 0 Å². The van der Waals surface area contributed by atoms with Gasteiger partial charge in [-0.3, -0.25) is 4.79 Å². The number of amides is 1. The van der Waals surface area contributed by atoms with Gasteiger partial charge in [-0.2, -0.15) is 13.2 Å². The predicted octanol–water partition coefficient (Wildman–Crippen LogP) is 4.87. The van der Waals surface area contributed by atoms with Gasteiger partial charge in [-0.05, 0) is 47.2 Å². The molecule has 0 aromatic heterocycles. The molecule has 0 radical (unpaired) electrons. The van der Waals surface area contributed by atoms with Crippen LogP contribution in [-0.4, -0.2) is 58.5 Å². The first-order valence-electron chi connectivity index (χ1n) is 10.9. The van der Waals surface area contributed by atoms with Gasteiger partial charge in [0.2, 0.25) is 0 Å². The number of benzene rings is 2. The summed E-state index contributed by atoms with van der Waals surface area (Å²) in [7, 11) is -0.696. The lowest BCUT2D eigenvalue weighted by Gasteiger charge is -2.26. The van der Waals surface area contributed by atoms with Gasteiger partial charge in [0.25, 0.3) is 0 Å². The minimum atomic E-state index is -5.03. The molecule has 1 aliphatic rings. The van der Waals surface area contributed by atoms with Crippen molar-refractivity contribution < 1.29 is 35.9 Å². The van der Waals surface area contributed by atoms with E-state index in [1.54, 1.807) is 32.0 Å². The highest BCUT2D eigenvalue weighted by Gasteiger charge is 2.44. The Kier molecular flexibility index (Phi) is 7.96. The summed E-state index contributed by atoms with van der Waals surface area (Å²) < 4.78 is 75.9. The fraction of sp³-hybridized carbons (Fsp3) is 0.458. The largest absolute Gasteiger partial charge is 0.493 e. The summed E-state index contributed by atoms with van der Waals surface area (Å²) >= 11 is 6.58. The van der Waals surface area contributed by atoms with Crippen LogP contribution in [0, 0.1) is 5.92 Å². The fourth-order valence-electron chi connectivity index (χ4n) is 4.32. The number of fused-ring (bicyclic) bond motifs is 1. The maximum Gasteiger partial charge on any atom is 0.471 e. The predicted molar refractivity (Wildman–Crippen MR) is 126 cm³/mol. The van der Waals surface area contributed by atoms with Crippen molar-refractivity contribution in [3.63, 3.8) is 0 Å². The molecule has 3 rings (SSSR count). The van der Waals surface area contributed by atoms with Crippen LogP contribution in [0.15, 0.2) is 35.2 Å². The second-order valence-corrected chi connectivity index (χ2v) is 11.2. The molecule has 1 unspecified atom stereocenters.